The zero-order chi connectivity index (χ0) is 22.5. The lowest BCUT2D eigenvalue weighted by Gasteiger charge is -2.31. The Balaban J connectivity index is 2.23. The number of hydrogen-bond acceptors (Lipinski definition) is 3. The maximum Gasteiger partial charge on any atom is 0.243 e. The van der Waals surface area contributed by atoms with Crippen molar-refractivity contribution in [3.8, 4) is 0 Å². The zero-order valence-corrected chi connectivity index (χ0v) is 19.2. The van der Waals surface area contributed by atoms with Gasteiger partial charge in [-0.15, -0.1) is 0 Å². The van der Waals surface area contributed by atoms with Crippen LogP contribution < -0.4 is 5.32 Å². The second-order valence-corrected chi connectivity index (χ2v) is 7.88. The Bertz CT molecular complexity index is 796. The van der Waals surface area contributed by atoms with Gasteiger partial charge in [0.25, 0.3) is 0 Å². The van der Waals surface area contributed by atoms with Gasteiger partial charge in [-0.25, -0.2) is 0 Å². The molecule has 0 saturated carbocycles. The first kappa shape index (κ1) is 24.9. The number of amides is 2. The van der Waals surface area contributed by atoms with E-state index in [9.17, 15) is 9.59 Å². The molecule has 0 aliphatic rings. The molecule has 0 aromatic heterocycles. The molecule has 2 rings (SSSR count). The molecule has 168 valence electrons. The maximum absolute atomic E-state index is 13.2. The van der Waals surface area contributed by atoms with Crippen molar-refractivity contribution in [2.24, 2.45) is 0 Å². The lowest BCUT2D eigenvalue weighted by molar-refractivity contribution is -0.141. The number of halogens is 1. The van der Waals surface area contributed by atoms with E-state index in [1.165, 1.54) is 0 Å². The third kappa shape index (κ3) is 8.72. The number of nitrogens with one attached hydrogen (secondary N) is 1. The van der Waals surface area contributed by atoms with Crippen LogP contribution >= 0.6 is 11.6 Å². The van der Waals surface area contributed by atoms with Gasteiger partial charge in [-0.1, -0.05) is 61.0 Å². The highest BCUT2D eigenvalue weighted by atomic mass is 35.5. The van der Waals surface area contributed by atoms with Crippen molar-refractivity contribution < 1.29 is 14.3 Å². The zero-order valence-electron chi connectivity index (χ0n) is 18.5. The largest absolute Gasteiger partial charge is 0.382 e. The molecule has 0 aliphatic heterocycles. The van der Waals surface area contributed by atoms with Gasteiger partial charge < -0.3 is 15.0 Å². The Hall–Kier alpha value is -2.37. The van der Waals surface area contributed by atoms with E-state index < -0.39 is 6.04 Å². The summed E-state index contributed by atoms with van der Waals surface area (Å²) in [5, 5.41) is 3.64. The van der Waals surface area contributed by atoms with Crippen LogP contribution in [-0.2, 0) is 27.3 Å². The molecule has 0 radical (unpaired) electrons. The van der Waals surface area contributed by atoms with E-state index in [-0.39, 0.29) is 11.8 Å². The molecule has 0 saturated heterocycles. The highest BCUT2D eigenvalue weighted by Crippen LogP contribution is 2.18. The average Bonchev–Trinajstić information content (AvgIpc) is 2.78. The predicted molar refractivity (Wildman–Crippen MR) is 125 cm³/mol. The van der Waals surface area contributed by atoms with Crippen LogP contribution in [0.15, 0.2) is 54.6 Å². The fourth-order valence-electron chi connectivity index (χ4n) is 3.35. The van der Waals surface area contributed by atoms with Gasteiger partial charge in [0, 0.05) is 44.2 Å². The molecular weight excluding hydrogens is 412 g/mol. The van der Waals surface area contributed by atoms with Crippen LogP contribution in [-0.4, -0.2) is 42.5 Å². The summed E-state index contributed by atoms with van der Waals surface area (Å²) in [5.41, 5.74) is 1.96. The van der Waals surface area contributed by atoms with Crippen molar-refractivity contribution in [2.45, 2.75) is 52.1 Å². The van der Waals surface area contributed by atoms with Crippen molar-refractivity contribution in [1.82, 2.24) is 10.2 Å². The van der Waals surface area contributed by atoms with E-state index in [0.29, 0.717) is 44.2 Å². The Kier molecular flexibility index (Phi) is 11.1. The smallest absolute Gasteiger partial charge is 0.243 e. The molecule has 31 heavy (non-hydrogen) atoms. The molecule has 0 heterocycles. The molecule has 0 spiro atoms. The minimum atomic E-state index is -0.593. The summed E-state index contributed by atoms with van der Waals surface area (Å²) in [4.78, 5) is 28.0. The van der Waals surface area contributed by atoms with E-state index in [2.05, 4.69) is 5.32 Å². The first-order valence-electron chi connectivity index (χ1n) is 11.0. The fourth-order valence-corrected chi connectivity index (χ4v) is 3.47. The second kappa shape index (κ2) is 13.8. The van der Waals surface area contributed by atoms with Gasteiger partial charge in [-0.05, 0) is 43.0 Å². The summed E-state index contributed by atoms with van der Waals surface area (Å²) >= 11 is 6.02. The molecule has 2 amide bonds. The van der Waals surface area contributed by atoms with Crippen molar-refractivity contribution in [3.63, 3.8) is 0 Å². The molecule has 5 nitrogen and oxygen atoms in total. The minimum absolute atomic E-state index is 0.0251. The highest BCUT2D eigenvalue weighted by Gasteiger charge is 2.29. The first-order chi connectivity index (χ1) is 15.0. The minimum Gasteiger partial charge on any atom is -0.382 e. The Morgan fingerprint density at radius 1 is 1.03 bits per heavy atom. The number of ether oxygens (including phenoxy) is 1. The van der Waals surface area contributed by atoms with Crippen molar-refractivity contribution >= 4 is 23.4 Å². The summed E-state index contributed by atoms with van der Waals surface area (Å²) in [6.45, 7) is 6.05. The summed E-state index contributed by atoms with van der Waals surface area (Å²) in [7, 11) is 0. The number of rotatable bonds is 13. The number of carbonyl (C=O) groups is 2. The summed E-state index contributed by atoms with van der Waals surface area (Å²) < 4.78 is 5.35. The van der Waals surface area contributed by atoms with Gasteiger partial charge in [0.05, 0.1) is 0 Å². The van der Waals surface area contributed by atoms with Crippen molar-refractivity contribution in [2.75, 3.05) is 19.8 Å². The topological polar surface area (TPSA) is 58.6 Å². The van der Waals surface area contributed by atoms with Crippen LogP contribution in [0, 0.1) is 0 Å². The molecule has 0 bridgehead atoms. The number of benzene rings is 2. The third-order valence-electron chi connectivity index (χ3n) is 4.97. The van der Waals surface area contributed by atoms with E-state index in [4.69, 9.17) is 16.3 Å². The SMILES string of the molecule is CCCC(=O)N(Cc1ccc(Cl)cc1)[C@H](Cc1ccccc1)C(=O)NCCCOCC. The summed E-state index contributed by atoms with van der Waals surface area (Å²) in [5.74, 6) is -0.165. The van der Waals surface area contributed by atoms with Gasteiger partial charge in [-0.3, -0.25) is 9.59 Å². The van der Waals surface area contributed by atoms with Crippen molar-refractivity contribution in [3.05, 3.63) is 70.7 Å². The monoisotopic (exact) mass is 444 g/mol. The molecule has 0 unspecified atom stereocenters. The lowest BCUT2D eigenvalue weighted by Crippen LogP contribution is -2.50. The van der Waals surface area contributed by atoms with Gasteiger partial charge >= 0.3 is 0 Å². The van der Waals surface area contributed by atoms with Crippen LogP contribution in [0.5, 0.6) is 0 Å². The van der Waals surface area contributed by atoms with E-state index in [1.807, 2.05) is 56.3 Å². The van der Waals surface area contributed by atoms with Gasteiger partial charge in [0.15, 0.2) is 0 Å². The lowest BCUT2D eigenvalue weighted by atomic mass is 10.0. The Labute approximate surface area is 190 Å². The van der Waals surface area contributed by atoms with Gasteiger partial charge in [0.1, 0.15) is 6.04 Å². The summed E-state index contributed by atoms with van der Waals surface area (Å²) in [6.07, 6.45) is 2.32. The van der Waals surface area contributed by atoms with E-state index in [1.54, 1.807) is 17.0 Å². The number of carbonyl (C=O) groups excluding carboxylic acids is 2. The Morgan fingerprint density at radius 2 is 1.74 bits per heavy atom. The van der Waals surface area contributed by atoms with Crippen LogP contribution in [0.1, 0.15) is 44.2 Å². The van der Waals surface area contributed by atoms with Gasteiger partial charge in [0.2, 0.25) is 11.8 Å². The van der Waals surface area contributed by atoms with E-state index >= 15 is 0 Å². The van der Waals surface area contributed by atoms with Crippen LogP contribution in [0.25, 0.3) is 0 Å². The molecule has 1 N–H and O–H groups in total. The second-order valence-electron chi connectivity index (χ2n) is 7.45. The quantitative estimate of drug-likeness (QED) is 0.458. The fraction of sp³-hybridized carbons (Fsp3) is 0.440. The molecular formula is C25H33ClN2O3. The van der Waals surface area contributed by atoms with E-state index in [0.717, 1.165) is 24.0 Å². The molecule has 0 fully saturated rings. The molecule has 0 aliphatic carbocycles. The predicted octanol–water partition coefficient (Wildman–Crippen LogP) is 4.62. The number of nitrogens with zero attached hydrogens (tertiary/aromatic N) is 1. The number of hydrogen-bond donors (Lipinski definition) is 1. The summed E-state index contributed by atoms with van der Waals surface area (Å²) in [6, 6.07) is 16.6. The molecule has 2 aromatic carbocycles. The Morgan fingerprint density at radius 3 is 2.39 bits per heavy atom. The normalized spacial score (nSPS) is 11.7. The van der Waals surface area contributed by atoms with Crippen LogP contribution in [0.2, 0.25) is 5.02 Å². The molecule has 2 aromatic rings. The average molecular weight is 445 g/mol. The van der Waals surface area contributed by atoms with Crippen LogP contribution in [0.3, 0.4) is 0 Å². The maximum atomic E-state index is 13.2. The third-order valence-corrected chi connectivity index (χ3v) is 5.22. The highest BCUT2D eigenvalue weighted by molar-refractivity contribution is 6.30. The standard InChI is InChI=1S/C25H33ClN2O3/c1-3-9-24(29)28(19-21-12-14-22(26)15-13-21)23(18-20-10-6-5-7-11-20)25(30)27-16-8-17-31-4-2/h5-7,10-15,23H,3-4,8-9,16-19H2,1-2H3,(H,27,30)/t23-/m1/s1. The molecule has 6 heteroatoms. The van der Waals surface area contributed by atoms with Crippen molar-refractivity contribution in [1.29, 1.82) is 0 Å². The first-order valence-corrected chi connectivity index (χ1v) is 11.4. The van der Waals surface area contributed by atoms with Crippen LogP contribution in [0.4, 0.5) is 0 Å². The molecule has 1 atom stereocenters. The van der Waals surface area contributed by atoms with Gasteiger partial charge in [-0.2, -0.15) is 0 Å².